The van der Waals surface area contributed by atoms with Gasteiger partial charge in [0.25, 0.3) is 0 Å². The van der Waals surface area contributed by atoms with Crippen molar-refractivity contribution in [2.24, 2.45) is 0 Å². The van der Waals surface area contributed by atoms with E-state index in [-0.39, 0.29) is 6.42 Å². The van der Waals surface area contributed by atoms with Crippen molar-refractivity contribution in [1.82, 2.24) is 0 Å². The lowest BCUT2D eigenvalue weighted by Gasteiger charge is -2.27. The minimum absolute atomic E-state index is 0.154. The average Bonchev–Trinajstić information content (AvgIpc) is 3.10. The Morgan fingerprint density at radius 1 is 0.583 bits per heavy atom. The quantitative estimate of drug-likeness (QED) is 0.250. The lowest BCUT2D eigenvalue weighted by Crippen LogP contribution is -2.20. The summed E-state index contributed by atoms with van der Waals surface area (Å²) >= 11 is 0. The zero-order valence-electron chi connectivity index (χ0n) is 19.3. The molecular formula is C27H22O7P2. The number of phosphoric acid groups is 1. The van der Waals surface area contributed by atoms with Crippen LogP contribution < -0.4 is 18.1 Å². The van der Waals surface area contributed by atoms with Gasteiger partial charge in [-0.2, -0.15) is 0 Å². The molecule has 2 aliphatic heterocycles. The van der Waals surface area contributed by atoms with Crippen LogP contribution in [0.1, 0.15) is 13.3 Å². The summed E-state index contributed by atoms with van der Waals surface area (Å²) in [6.45, 7) is 1.74. The maximum Gasteiger partial charge on any atom is 0.588 e. The standard InChI is InChI=1S/C27H22O7P2/c1-2-27(35(28)30-23-15-7-3-11-19(23)20-12-4-8-16-24(20)31-35)34-36(29)32-25-17-9-5-13-21(25)22-14-6-10-18-26(22)33-36/h3-18,27H,2H2,1H3. The normalized spacial score (nSPS) is 17.0. The molecule has 36 heavy (non-hydrogen) atoms. The van der Waals surface area contributed by atoms with Crippen molar-refractivity contribution < 1.29 is 31.7 Å². The van der Waals surface area contributed by atoms with Crippen molar-refractivity contribution in [1.29, 1.82) is 0 Å². The lowest BCUT2D eigenvalue weighted by molar-refractivity contribution is 0.167. The molecule has 2 aliphatic rings. The third-order valence-corrected chi connectivity index (χ3v) is 9.55. The monoisotopic (exact) mass is 520 g/mol. The Bertz CT molecular complexity index is 1450. The van der Waals surface area contributed by atoms with E-state index in [1.54, 1.807) is 55.5 Å². The fourth-order valence-electron chi connectivity index (χ4n) is 4.29. The minimum Gasteiger partial charge on any atom is -0.414 e. The molecule has 1 unspecified atom stereocenters. The number of fused-ring (bicyclic) bond motifs is 6. The van der Waals surface area contributed by atoms with Crippen LogP contribution in [0.2, 0.25) is 0 Å². The molecule has 0 bridgehead atoms. The molecular weight excluding hydrogens is 498 g/mol. The van der Waals surface area contributed by atoms with Gasteiger partial charge in [0.15, 0.2) is 5.85 Å². The Hall–Kier alpha value is -3.50. The van der Waals surface area contributed by atoms with E-state index in [0.29, 0.717) is 34.1 Å². The van der Waals surface area contributed by atoms with Gasteiger partial charge in [-0.05, 0) is 30.7 Å². The van der Waals surface area contributed by atoms with E-state index in [1.807, 2.05) is 48.5 Å². The molecule has 0 radical (unpaired) electrons. The van der Waals surface area contributed by atoms with Crippen LogP contribution in [0.15, 0.2) is 97.1 Å². The van der Waals surface area contributed by atoms with Crippen LogP contribution in [0.4, 0.5) is 0 Å². The molecule has 0 saturated carbocycles. The molecule has 0 fully saturated rings. The van der Waals surface area contributed by atoms with Gasteiger partial charge in [0.1, 0.15) is 23.0 Å². The summed E-state index contributed by atoms with van der Waals surface area (Å²) in [4.78, 5) is 0. The molecule has 0 aromatic heterocycles. The van der Waals surface area contributed by atoms with E-state index < -0.39 is 21.3 Å². The molecule has 182 valence electrons. The van der Waals surface area contributed by atoms with Crippen molar-refractivity contribution in [2.75, 3.05) is 0 Å². The summed E-state index contributed by atoms with van der Waals surface area (Å²) in [5.74, 6) is 0.170. The predicted molar refractivity (Wildman–Crippen MR) is 137 cm³/mol. The fraction of sp³-hybridized carbons (Fsp3) is 0.111. The van der Waals surface area contributed by atoms with Crippen LogP contribution in [0, 0.1) is 0 Å². The molecule has 0 saturated heterocycles. The van der Waals surface area contributed by atoms with Crippen molar-refractivity contribution in [2.45, 2.75) is 19.2 Å². The maximum absolute atomic E-state index is 14.3. The first-order chi connectivity index (χ1) is 17.5. The molecule has 0 spiro atoms. The van der Waals surface area contributed by atoms with Crippen LogP contribution in [0.3, 0.4) is 0 Å². The predicted octanol–water partition coefficient (Wildman–Crippen LogP) is 8.32. The van der Waals surface area contributed by atoms with E-state index in [2.05, 4.69) is 0 Å². The second-order valence-electron chi connectivity index (χ2n) is 8.31. The summed E-state index contributed by atoms with van der Waals surface area (Å²) in [7, 11) is -8.40. The van der Waals surface area contributed by atoms with Crippen molar-refractivity contribution in [3.8, 4) is 45.3 Å². The summed E-state index contributed by atoms with van der Waals surface area (Å²) in [5, 5.41) is 0. The van der Waals surface area contributed by atoms with E-state index in [0.717, 1.165) is 11.1 Å². The second-order valence-corrected chi connectivity index (χ2v) is 11.8. The van der Waals surface area contributed by atoms with Crippen molar-refractivity contribution >= 4 is 15.4 Å². The minimum atomic E-state index is -4.32. The van der Waals surface area contributed by atoms with Crippen LogP contribution >= 0.6 is 15.4 Å². The van der Waals surface area contributed by atoms with Crippen LogP contribution in [-0.2, 0) is 13.7 Å². The SMILES string of the molecule is CCC(OP1(=O)Oc2ccccc2-c2ccccc2O1)P1(=O)Oc2ccccc2-c2ccccc2O1. The summed E-state index contributed by atoms with van der Waals surface area (Å²) in [5.41, 5.74) is 2.88. The molecule has 7 nitrogen and oxygen atoms in total. The Balaban J connectivity index is 1.41. The highest BCUT2D eigenvalue weighted by Gasteiger charge is 2.49. The Morgan fingerprint density at radius 2 is 0.917 bits per heavy atom. The van der Waals surface area contributed by atoms with Gasteiger partial charge in [0.05, 0.1) is 0 Å². The summed E-state index contributed by atoms with van der Waals surface area (Å²) in [6, 6.07) is 28.8. The number of phosphoric ester groups is 1. The zero-order chi connectivity index (χ0) is 24.8. The van der Waals surface area contributed by atoms with Gasteiger partial charge in [0.2, 0.25) is 0 Å². The number of rotatable bonds is 4. The molecule has 2 heterocycles. The molecule has 0 aliphatic carbocycles. The number of benzene rings is 4. The van der Waals surface area contributed by atoms with Gasteiger partial charge < -0.3 is 18.1 Å². The van der Waals surface area contributed by atoms with E-state index in [9.17, 15) is 9.13 Å². The first kappa shape index (κ1) is 22.9. The highest BCUT2D eigenvalue weighted by atomic mass is 31.2. The Kier molecular flexibility index (Phi) is 5.65. The average molecular weight is 520 g/mol. The lowest BCUT2D eigenvalue weighted by atomic mass is 10.0. The second kappa shape index (κ2) is 8.86. The summed E-state index contributed by atoms with van der Waals surface area (Å²) < 4.78 is 58.0. The van der Waals surface area contributed by atoms with E-state index in [4.69, 9.17) is 22.6 Å². The number of hydrogen-bond acceptors (Lipinski definition) is 7. The van der Waals surface area contributed by atoms with Crippen LogP contribution in [0.5, 0.6) is 23.0 Å². The first-order valence-corrected chi connectivity index (χ1v) is 14.6. The molecule has 4 aromatic rings. The molecule has 0 amide bonds. The van der Waals surface area contributed by atoms with Gasteiger partial charge in [-0.1, -0.05) is 79.7 Å². The Labute approximate surface area is 208 Å². The molecule has 4 aromatic carbocycles. The Morgan fingerprint density at radius 3 is 1.28 bits per heavy atom. The molecule has 1 atom stereocenters. The van der Waals surface area contributed by atoms with Gasteiger partial charge in [-0.3, -0.25) is 0 Å². The molecule has 0 N–H and O–H groups in total. The third kappa shape index (κ3) is 4.00. The summed E-state index contributed by atoms with van der Waals surface area (Å²) in [6.07, 6.45) is 0.154. The van der Waals surface area contributed by atoms with Gasteiger partial charge >= 0.3 is 15.4 Å². The first-order valence-electron chi connectivity index (χ1n) is 11.5. The molecule has 9 heteroatoms. The van der Waals surface area contributed by atoms with Crippen molar-refractivity contribution in [3.63, 3.8) is 0 Å². The van der Waals surface area contributed by atoms with Crippen molar-refractivity contribution in [3.05, 3.63) is 97.1 Å². The van der Waals surface area contributed by atoms with Gasteiger partial charge in [-0.25, -0.2) is 13.7 Å². The topological polar surface area (TPSA) is 80.3 Å². The van der Waals surface area contributed by atoms with Crippen LogP contribution in [0.25, 0.3) is 22.3 Å². The zero-order valence-corrected chi connectivity index (χ0v) is 21.1. The number of para-hydroxylation sites is 4. The number of hydrogen-bond donors (Lipinski definition) is 0. The largest absolute Gasteiger partial charge is 0.588 e. The third-order valence-electron chi connectivity index (χ3n) is 5.95. The highest BCUT2D eigenvalue weighted by Crippen LogP contribution is 2.65. The van der Waals surface area contributed by atoms with Crippen LogP contribution in [-0.4, -0.2) is 5.85 Å². The fourth-order valence-corrected chi connectivity index (χ4v) is 8.06. The maximum atomic E-state index is 14.3. The van der Waals surface area contributed by atoms with Gasteiger partial charge in [0, 0.05) is 22.3 Å². The van der Waals surface area contributed by atoms with E-state index >= 15 is 0 Å². The molecule has 6 rings (SSSR count). The highest BCUT2D eigenvalue weighted by molar-refractivity contribution is 7.56. The smallest absolute Gasteiger partial charge is 0.414 e. The van der Waals surface area contributed by atoms with Gasteiger partial charge in [-0.15, -0.1) is 0 Å². The van der Waals surface area contributed by atoms with E-state index in [1.165, 1.54) is 0 Å².